The smallest absolute Gasteiger partial charge is 0.268 e. The number of nitrogens with two attached hydrogens (primary N) is 1. The molecule has 0 aliphatic heterocycles. The van der Waals surface area contributed by atoms with Crippen LogP contribution in [0.4, 0.5) is 0 Å². The molecule has 0 aliphatic carbocycles. The summed E-state index contributed by atoms with van der Waals surface area (Å²) in [6, 6.07) is 3.56. The van der Waals surface area contributed by atoms with E-state index < -0.39 is 11.7 Å². The van der Waals surface area contributed by atoms with Crippen LogP contribution in [0, 0.1) is 0 Å². The zero-order chi connectivity index (χ0) is 14.0. The third-order valence-corrected chi connectivity index (χ3v) is 2.36. The van der Waals surface area contributed by atoms with Gasteiger partial charge in [0, 0.05) is 6.07 Å². The van der Waals surface area contributed by atoms with Gasteiger partial charge >= 0.3 is 0 Å². The van der Waals surface area contributed by atoms with Crippen molar-refractivity contribution in [3.05, 3.63) is 47.5 Å². The number of phenols is 2. The highest BCUT2D eigenvalue weighted by Crippen LogP contribution is 2.24. The van der Waals surface area contributed by atoms with Crippen molar-refractivity contribution in [3.63, 3.8) is 0 Å². The molecule has 0 saturated heterocycles. The van der Waals surface area contributed by atoms with Gasteiger partial charge in [-0.2, -0.15) is 0 Å². The Bertz CT molecular complexity index is 653. The number of carbonyl (C=O) groups is 2. The minimum atomic E-state index is -0.751. The van der Waals surface area contributed by atoms with Gasteiger partial charge < -0.3 is 15.9 Å². The molecule has 19 heavy (non-hydrogen) atoms. The molecule has 0 spiro atoms. The highest BCUT2D eigenvalue weighted by Gasteiger charge is 2.16. The predicted octanol–water partition coefficient (Wildman–Crippen LogP) is 0.218. The third kappa shape index (κ3) is 2.49. The zero-order valence-corrected chi connectivity index (χ0v) is 9.57. The monoisotopic (exact) mass is 259 g/mol. The summed E-state index contributed by atoms with van der Waals surface area (Å²) in [7, 11) is 0. The second-order valence-corrected chi connectivity index (χ2v) is 3.68. The van der Waals surface area contributed by atoms with Gasteiger partial charge in [-0.1, -0.05) is 0 Å². The van der Waals surface area contributed by atoms with E-state index in [1.807, 2.05) is 0 Å². The number of benzene rings is 1. The normalized spacial score (nSPS) is 10.1. The number of nitrogens with zero attached hydrogens (tertiary/aromatic N) is 2. The number of rotatable bonds is 3. The van der Waals surface area contributed by atoms with Crippen LogP contribution in [0.1, 0.15) is 26.5 Å². The van der Waals surface area contributed by atoms with Crippen molar-refractivity contribution < 1.29 is 19.8 Å². The van der Waals surface area contributed by atoms with E-state index in [0.29, 0.717) is 0 Å². The molecule has 0 radical (unpaired) electrons. The maximum absolute atomic E-state index is 12.0. The number of carbonyl (C=O) groups excluding carboxylic acids is 2. The first-order valence-electron chi connectivity index (χ1n) is 5.17. The van der Waals surface area contributed by atoms with E-state index >= 15 is 0 Å². The van der Waals surface area contributed by atoms with Gasteiger partial charge in [0.2, 0.25) is 5.78 Å². The molecule has 0 bridgehead atoms. The van der Waals surface area contributed by atoms with Crippen molar-refractivity contribution in [2.24, 2.45) is 5.73 Å². The van der Waals surface area contributed by atoms with Crippen LogP contribution >= 0.6 is 0 Å². The molecule has 0 atom stereocenters. The fourth-order valence-corrected chi connectivity index (χ4v) is 1.42. The number of phenolic OH excluding ortho intramolecular Hbond substituents is 2. The Morgan fingerprint density at radius 3 is 2.21 bits per heavy atom. The average molecular weight is 259 g/mol. The van der Waals surface area contributed by atoms with Crippen LogP contribution in [-0.2, 0) is 0 Å². The summed E-state index contributed by atoms with van der Waals surface area (Å²) in [6.45, 7) is 0. The lowest BCUT2D eigenvalue weighted by atomic mass is 10.1. The lowest BCUT2D eigenvalue weighted by molar-refractivity contribution is 0.0989. The number of amides is 1. The first kappa shape index (κ1) is 12.5. The van der Waals surface area contributed by atoms with Crippen LogP contribution in [0.15, 0.2) is 30.6 Å². The molecule has 2 aromatic rings. The molecule has 7 nitrogen and oxygen atoms in total. The molecule has 1 heterocycles. The van der Waals surface area contributed by atoms with E-state index in [4.69, 9.17) is 10.8 Å². The second-order valence-electron chi connectivity index (χ2n) is 3.68. The second kappa shape index (κ2) is 4.73. The largest absolute Gasteiger partial charge is 0.508 e. The number of hydrogen-bond acceptors (Lipinski definition) is 6. The van der Waals surface area contributed by atoms with Crippen molar-refractivity contribution in [3.8, 4) is 11.5 Å². The molecule has 0 fully saturated rings. The SMILES string of the molecule is NC(=O)c1cnc(C(=O)c2ccc(O)cc2O)cn1. The number of hydrogen-bond donors (Lipinski definition) is 3. The molecule has 1 aromatic heterocycles. The van der Waals surface area contributed by atoms with Gasteiger partial charge in [-0.3, -0.25) is 9.59 Å². The fourth-order valence-electron chi connectivity index (χ4n) is 1.42. The van der Waals surface area contributed by atoms with Crippen LogP contribution in [0.2, 0.25) is 0 Å². The standard InChI is InChI=1S/C12H9N3O4/c13-12(19)9-5-14-8(4-15-9)11(18)7-2-1-6(16)3-10(7)17/h1-5,16-17H,(H2,13,19). The van der Waals surface area contributed by atoms with Crippen LogP contribution in [0.3, 0.4) is 0 Å². The first-order chi connectivity index (χ1) is 8.99. The average Bonchev–Trinajstić information content (AvgIpc) is 2.38. The lowest BCUT2D eigenvalue weighted by Crippen LogP contribution is -2.15. The van der Waals surface area contributed by atoms with Crippen molar-refractivity contribution in [1.82, 2.24) is 9.97 Å². The minimum absolute atomic E-state index is 0.0288. The summed E-state index contributed by atoms with van der Waals surface area (Å²) in [4.78, 5) is 30.2. The van der Waals surface area contributed by atoms with E-state index in [0.717, 1.165) is 18.5 Å². The van der Waals surface area contributed by atoms with Gasteiger partial charge in [0.15, 0.2) is 0 Å². The Labute approximate surface area is 107 Å². The van der Waals surface area contributed by atoms with Crippen molar-refractivity contribution in [2.45, 2.75) is 0 Å². The van der Waals surface area contributed by atoms with Crippen molar-refractivity contribution >= 4 is 11.7 Å². The van der Waals surface area contributed by atoms with Gasteiger partial charge in [0.1, 0.15) is 22.9 Å². The highest BCUT2D eigenvalue weighted by atomic mass is 16.3. The molecular weight excluding hydrogens is 250 g/mol. The molecule has 0 unspecified atom stereocenters. The van der Waals surface area contributed by atoms with E-state index in [2.05, 4.69) is 9.97 Å². The number of aromatic nitrogens is 2. The molecule has 0 aliphatic rings. The molecule has 7 heteroatoms. The van der Waals surface area contributed by atoms with Crippen LogP contribution < -0.4 is 5.73 Å². The summed E-state index contributed by atoms with van der Waals surface area (Å²) in [5.41, 5.74) is 4.86. The van der Waals surface area contributed by atoms with Crippen molar-refractivity contribution in [1.29, 1.82) is 0 Å². The van der Waals surface area contributed by atoms with Crippen LogP contribution in [0.5, 0.6) is 11.5 Å². The third-order valence-electron chi connectivity index (χ3n) is 2.36. The first-order valence-corrected chi connectivity index (χ1v) is 5.17. The molecular formula is C12H9N3O4. The molecule has 1 amide bonds. The van der Waals surface area contributed by atoms with Gasteiger partial charge in [0.25, 0.3) is 5.91 Å². The van der Waals surface area contributed by atoms with Crippen molar-refractivity contribution in [2.75, 3.05) is 0 Å². The summed E-state index contributed by atoms with van der Waals surface area (Å²) in [5, 5.41) is 18.7. The Hall–Kier alpha value is -2.96. The van der Waals surface area contributed by atoms with Gasteiger partial charge in [-0.25, -0.2) is 9.97 Å². The summed E-state index contributed by atoms with van der Waals surface area (Å²) >= 11 is 0. The van der Waals surface area contributed by atoms with E-state index in [9.17, 15) is 14.7 Å². The maximum Gasteiger partial charge on any atom is 0.268 e. The fraction of sp³-hybridized carbons (Fsp3) is 0. The molecule has 2 rings (SSSR count). The van der Waals surface area contributed by atoms with Crippen LogP contribution in [-0.4, -0.2) is 31.9 Å². The van der Waals surface area contributed by atoms with Gasteiger partial charge in [-0.15, -0.1) is 0 Å². The molecule has 0 saturated carbocycles. The Kier molecular flexibility index (Phi) is 3.11. The quantitative estimate of drug-likeness (QED) is 0.676. The molecule has 1 aromatic carbocycles. The van der Waals surface area contributed by atoms with Gasteiger partial charge in [-0.05, 0) is 12.1 Å². The Morgan fingerprint density at radius 2 is 1.68 bits per heavy atom. The lowest BCUT2D eigenvalue weighted by Gasteiger charge is -2.03. The summed E-state index contributed by atoms with van der Waals surface area (Å²) < 4.78 is 0. The van der Waals surface area contributed by atoms with E-state index in [1.165, 1.54) is 12.1 Å². The number of ketones is 1. The summed E-state index contributed by atoms with van der Waals surface area (Å²) in [6.07, 6.45) is 2.17. The molecule has 96 valence electrons. The number of aromatic hydroxyl groups is 2. The predicted molar refractivity (Wildman–Crippen MR) is 63.8 cm³/mol. The maximum atomic E-state index is 12.0. The minimum Gasteiger partial charge on any atom is -0.508 e. The Balaban J connectivity index is 2.36. The Morgan fingerprint density at radius 1 is 1.05 bits per heavy atom. The van der Waals surface area contributed by atoms with E-state index in [-0.39, 0.29) is 28.5 Å². The van der Waals surface area contributed by atoms with E-state index in [1.54, 1.807) is 0 Å². The summed E-state index contributed by atoms with van der Waals surface area (Å²) in [5.74, 6) is -1.87. The number of primary amides is 1. The van der Waals surface area contributed by atoms with Crippen LogP contribution in [0.25, 0.3) is 0 Å². The topological polar surface area (TPSA) is 126 Å². The highest BCUT2D eigenvalue weighted by molar-refractivity contribution is 6.09. The molecule has 4 N–H and O–H groups in total. The van der Waals surface area contributed by atoms with Gasteiger partial charge in [0.05, 0.1) is 18.0 Å². The zero-order valence-electron chi connectivity index (χ0n) is 9.57.